The van der Waals surface area contributed by atoms with Gasteiger partial charge in [0, 0.05) is 57.9 Å². The largest absolute Gasteiger partial charge is 0.392 e. The van der Waals surface area contributed by atoms with Crippen LogP contribution in [0.5, 0.6) is 0 Å². The molecule has 3 aliphatic heterocycles. The molecular formula is C34H40N2O6. The van der Waals surface area contributed by atoms with Crippen molar-refractivity contribution >= 4 is 5.91 Å². The van der Waals surface area contributed by atoms with Crippen LogP contribution in [0.1, 0.15) is 60.8 Å². The van der Waals surface area contributed by atoms with Gasteiger partial charge in [0.2, 0.25) is 5.91 Å². The summed E-state index contributed by atoms with van der Waals surface area (Å²) in [6.07, 6.45) is 1.81. The number of piperidine rings is 1. The van der Waals surface area contributed by atoms with E-state index in [1.165, 1.54) is 6.92 Å². The number of amides is 1. The predicted molar refractivity (Wildman–Crippen MR) is 158 cm³/mol. The van der Waals surface area contributed by atoms with Crippen LogP contribution in [-0.2, 0) is 36.9 Å². The smallest absolute Gasteiger partial charge is 0.217 e. The highest BCUT2D eigenvalue weighted by atomic mass is 16.7. The fraction of sp³-hybridized carbons (Fsp3) is 0.441. The Balaban J connectivity index is 1.21. The third-order valence-electron chi connectivity index (χ3n) is 8.47. The number of ether oxygens (including phenoxy) is 4. The lowest BCUT2D eigenvalue weighted by atomic mass is 9.97. The molecule has 8 nitrogen and oxygen atoms in total. The zero-order valence-electron chi connectivity index (χ0n) is 24.2. The Labute approximate surface area is 247 Å². The van der Waals surface area contributed by atoms with Gasteiger partial charge in [-0.05, 0) is 39.9 Å². The van der Waals surface area contributed by atoms with E-state index in [0.717, 1.165) is 72.3 Å². The van der Waals surface area contributed by atoms with E-state index in [9.17, 15) is 9.90 Å². The van der Waals surface area contributed by atoms with Crippen molar-refractivity contribution in [2.45, 2.75) is 63.6 Å². The van der Waals surface area contributed by atoms with Gasteiger partial charge in [0.05, 0.1) is 32.0 Å². The second-order valence-corrected chi connectivity index (χ2v) is 11.5. The van der Waals surface area contributed by atoms with E-state index < -0.39 is 12.1 Å². The number of likely N-dealkylation sites (tertiary alicyclic amines) is 1. The van der Waals surface area contributed by atoms with Crippen molar-refractivity contribution in [1.29, 1.82) is 0 Å². The minimum Gasteiger partial charge on any atom is -0.392 e. The van der Waals surface area contributed by atoms with Crippen molar-refractivity contribution in [3.05, 3.63) is 95.1 Å². The molecule has 3 atom stereocenters. The average Bonchev–Trinajstić information content (AvgIpc) is 3.49. The molecule has 1 amide bonds. The van der Waals surface area contributed by atoms with Crippen LogP contribution in [0.3, 0.4) is 0 Å². The van der Waals surface area contributed by atoms with Crippen LogP contribution in [0, 0.1) is 0 Å². The topological polar surface area (TPSA) is 89.5 Å². The first-order valence-corrected chi connectivity index (χ1v) is 14.9. The van der Waals surface area contributed by atoms with Crippen LogP contribution in [0.4, 0.5) is 0 Å². The maximum Gasteiger partial charge on any atom is 0.217 e. The fourth-order valence-corrected chi connectivity index (χ4v) is 6.14. The zero-order chi connectivity index (χ0) is 28.9. The number of nitrogens with zero attached hydrogens (tertiary/aromatic N) is 1. The molecule has 3 saturated heterocycles. The molecule has 3 aromatic carbocycles. The third kappa shape index (κ3) is 6.92. The molecule has 3 heterocycles. The van der Waals surface area contributed by atoms with Crippen LogP contribution in [0.15, 0.2) is 72.8 Å². The van der Waals surface area contributed by atoms with Gasteiger partial charge < -0.3 is 34.3 Å². The van der Waals surface area contributed by atoms with Crippen LogP contribution >= 0.6 is 0 Å². The molecule has 1 spiro atoms. The van der Waals surface area contributed by atoms with Crippen LogP contribution in [0.25, 0.3) is 11.1 Å². The van der Waals surface area contributed by atoms with E-state index in [4.69, 9.17) is 18.9 Å². The van der Waals surface area contributed by atoms with Gasteiger partial charge in [0.25, 0.3) is 0 Å². The first-order valence-electron chi connectivity index (χ1n) is 14.9. The van der Waals surface area contributed by atoms with Crippen LogP contribution in [0.2, 0.25) is 0 Å². The number of hydrogen-bond acceptors (Lipinski definition) is 7. The number of aliphatic hydroxyl groups is 1. The lowest BCUT2D eigenvalue weighted by Gasteiger charge is -2.41. The van der Waals surface area contributed by atoms with Crippen molar-refractivity contribution in [3.63, 3.8) is 0 Å². The van der Waals surface area contributed by atoms with Crippen molar-refractivity contribution in [1.82, 2.24) is 10.2 Å². The van der Waals surface area contributed by atoms with Gasteiger partial charge in [0.15, 0.2) is 12.1 Å². The van der Waals surface area contributed by atoms with Crippen molar-refractivity contribution < 1.29 is 28.8 Å². The van der Waals surface area contributed by atoms with E-state index in [0.29, 0.717) is 19.8 Å². The van der Waals surface area contributed by atoms with Crippen molar-refractivity contribution in [3.8, 4) is 11.1 Å². The number of benzene rings is 3. The van der Waals surface area contributed by atoms with E-state index >= 15 is 0 Å². The van der Waals surface area contributed by atoms with E-state index in [2.05, 4.69) is 40.5 Å². The minimum atomic E-state index is -0.522. The Bertz CT molecular complexity index is 1350. The lowest BCUT2D eigenvalue weighted by Crippen LogP contribution is -2.48. The van der Waals surface area contributed by atoms with Gasteiger partial charge in [-0.3, -0.25) is 4.79 Å². The molecule has 6 rings (SSSR count). The molecule has 0 aromatic heterocycles. The highest BCUT2D eigenvalue weighted by Crippen LogP contribution is 2.40. The third-order valence-corrected chi connectivity index (χ3v) is 8.47. The molecule has 3 unspecified atom stereocenters. The Hall–Kier alpha value is -3.11. The molecule has 0 bridgehead atoms. The summed E-state index contributed by atoms with van der Waals surface area (Å²) in [4.78, 5) is 13.9. The maximum atomic E-state index is 11.4. The number of carbonyl (C=O) groups excluding carboxylic acids is 1. The molecule has 0 aliphatic carbocycles. The first kappa shape index (κ1) is 29.0. The zero-order valence-corrected chi connectivity index (χ0v) is 24.2. The number of nitrogens with one attached hydrogen (secondary N) is 1. The maximum absolute atomic E-state index is 11.4. The van der Waals surface area contributed by atoms with E-state index in [1.54, 1.807) is 0 Å². The second-order valence-electron chi connectivity index (χ2n) is 11.5. The van der Waals surface area contributed by atoms with Crippen LogP contribution < -0.4 is 5.32 Å². The first-order chi connectivity index (χ1) is 20.5. The average molecular weight is 573 g/mol. The molecule has 3 fully saturated rings. The summed E-state index contributed by atoms with van der Waals surface area (Å²) in [5.41, 5.74) is 6.10. The summed E-state index contributed by atoms with van der Waals surface area (Å²) in [7, 11) is 0. The Morgan fingerprint density at radius 1 is 0.905 bits per heavy atom. The summed E-state index contributed by atoms with van der Waals surface area (Å²) in [6.45, 7) is 6.03. The second kappa shape index (κ2) is 13.0. The monoisotopic (exact) mass is 572 g/mol. The molecular weight excluding hydrogens is 532 g/mol. The molecule has 42 heavy (non-hydrogen) atoms. The fourth-order valence-electron chi connectivity index (χ4n) is 6.14. The standard InChI is InChI=1S/C34H40N2O6/c1-24(38)35-21-26-4-2-5-28(18-26)29-6-3-7-30(19-29)33-41-31(20-32(42-33)27-10-8-25(23-37)9-11-27)22-36-14-12-34(13-15-36)39-16-17-40-34/h2-11,18-19,31-33,37H,12-17,20-23H2,1H3,(H,35,38). The Morgan fingerprint density at radius 2 is 1.62 bits per heavy atom. The molecule has 8 heteroatoms. The van der Waals surface area contributed by atoms with Crippen LogP contribution in [-0.4, -0.2) is 60.7 Å². The predicted octanol–water partition coefficient (Wildman–Crippen LogP) is 4.87. The SMILES string of the molecule is CC(=O)NCc1cccc(-c2cccc(C3OC(CN4CCC5(CC4)OCCO5)CC(c4ccc(CO)cc4)O3)c2)c1. The van der Waals surface area contributed by atoms with Gasteiger partial charge in [-0.15, -0.1) is 0 Å². The molecule has 3 aliphatic rings. The van der Waals surface area contributed by atoms with Crippen molar-refractivity contribution in [2.24, 2.45) is 0 Å². The summed E-state index contributed by atoms with van der Waals surface area (Å²) in [5.74, 6) is -0.444. The van der Waals surface area contributed by atoms with Crippen molar-refractivity contribution in [2.75, 3.05) is 32.8 Å². The van der Waals surface area contributed by atoms with Gasteiger partial charge in [-0.2, -0.15) is 0 Å². The summed E-state index contributed by atoms with van der Waals surface area (Å²) >= 11 is 0. The minimum absolute atomic E-state index is 0.0167. The number of hydrogen-bond donors (Lipinski definition) is 2. The molecule has 0 radical (unpaired) electrons. The molecule has 0 saturated carbocycles. The number of rotatable bonds is 8. The van der Waals surface area contributed by atoms with Gasteiger partial charge >= 0.3 is 0 Å². The summed E-state index contributed by atoms with van der Waals surface area (Å²) in [5, 5.41) is 12.4. The Morgan fingerprint density at radius 3 is 2.33 bits per heavy atom. The highest BCUT2D eigenvalue weighted by molar-refractivity contribution is 5.73. The van der Waals surface area contributed by atoms with E-state index in [1.807, 2.05) is 42.5 Å². The van der Waals surface area contributed by atoms with Gasteiger partial charge in [-0.1, -0.05) is 60.7 Å². The molecule has 3 aromatic rings. The number of aliphatic hydroxyl groups excluding tert-OH is 1. The van der Waals surface area contributed by atoms with Gasteiger partial charge in [-0.25, -0.2) is 0 Å². The molecule has 222 valence electrons. The highest BCUT2D eigenvalue weighted by Gasteiger charge is 2.41. The molecule has 2 N–H and O–H groups in total. The number of carbonyl (C=O) groups is 1. The quantitative estimate of drug-likeness (QED) is 0.398. The normalized spacial score (nSPS) is 24.1. The van der Waals surface area contributed by atoms with Gasteiger partial charge in [0.1, 0.15) is 0 Å². The Kier molecular flexibility index (Phi) is 9.00. The summed E-state index contributed by atoms with van der Waals surface area (Å²) < 4.78 is 25.1. The lowest BCUT2D eigenvalue weighted by molar-refractivity contribution is -0.255. The summed E-state index contributed by atoms with van der Waals surface area (Å²) in [6, 6.07) is 24.5. The van der Waals surface area contributed by atoms with E-state index in [-0.39, 0.29) is 24.7 Å².